The molecule has 1 heterocycles. The molecule has 0 aliphatic rings. The number of anilines is 1. The van der Waals surface area contributed by atoms with Gasteiger partial charge in [-0.2, -0.15) is 0 Å². The highest BCUT2D eigenvalue weighted by Gasteiger charge is 2.03. The lowest BCUT2D eigenvalue weighted by Gasteiger charge is -2.04. The van der Waals surface area contributed by atoms with E-state index < -0.39 is 0 Å². The van der Waals surface area contributed by atoms with Crippen molar-refractivity contribution < 1.29 is 5.11 Å². The minimum atomic E-state index is 0. The Morgan fingerprint density at radius 1 is 1.20 bits per heavy atom. The summed E-state index contributed by atoms with van der Waals surface area (Å²) < 4.78 is 0. The maximum atomic E-state index is 9.64. The van der Waals surface area contributed by atoms with E-state index in [0.29, 0.717) is 5.69 Å². The first-order valence-electron chi connectivity index (χ1n) is 4.26. The van der Waals surface area contributed by atoms with Crippen LogP contribution >= 0.6 is 12.4 Å². The molecule has 0 spiro atoms. The largest absolute Gasteiger partial charge is 0.507 e. The summed E-state index contributed by atoms with van der Waals surface area (Å²) in [4.78, 5) is 3.98. The molecule has 0 aliphatic heterocycles. The molecule has 2 rings (SSSR count). The van der Waals surface area contributed by atoms with Gasteiger partial charge in [0.25, 0.3) is 0 Å². The average molecular weight is 223 g/mol. The Bertz CT molecular complexity index is 446. The van der Waals surface area contributed by atoms with Gasteiger partial charge < -0.3 is 10.8 Å². The molecule has 0 aliphatic carbocycles. The molecule has 3 N–H and O–H groups in total. The van der Waals surface area contributed by atoms with Crippen molar-refractivity contribution in [3.63, 3.8) is 0 Å². The van der Waals surface area contributed by atoms with Gasteiger partial charge in [0.2, 0.25) is 0 Å². The van der Waals surface area contributed by atoms with E-state index in [1.165, 1.54) is 6.07 Å². The highest BCUT2D eigenvalue weighted by Crippen LogP contribution is 2.29. The predicted molar refractivity (Wildman–Crippen MR) is 63.0 cm³/mol. The number of phenols is 1. The predicted octanol–water partition coefficient (Wildman–Crippen LogP) is 2.46. The van der Waals surface area contributed by atoms with Crippen LogP contribution in [0.3, 0.4) is 0 Å². The van der Waals surface area contributed by atoms with Gasteiger partial charge in [0.15, 0.2) is 0 Å². The molecular weight excluding hydrogens is 212 g/mol. The zero-order chi connectivity index (χ0) is 9.97. The van der Waals surface area contributed by atoms with Crippen LogP contribution in [-0.4, -0.2) is 10.1 Å². The van der Waals surface area contributed by atoms with Crippen molar-refractivity contribution in [2.75, 3.05) is 5.73 Å². The number of aromatic nitrogens is 1. The molecule has 0 atom stereocenters. The van der Waals surface area contributed by atoms with E-state index in [9.17, 15) is 5.11 Å². The molecule has 0 unspecified atom stereocenters. The lowest BCUT2D eigenvalue weighted by molar-refractivity contribution is 0.477. The summed E-state index contributed by atoms with van der Waals surface area (Å²) in [5.41, 5.74) is 7.70. The Labute approximate surface area is 94.0 Å². The van der Waals surface area contributed by atoms with E-state index in [1.807, 2.05) is 12.1 Å². The van der Waals surface area contributed by atoms with Gasteiger partial charge in [-0.3, -0.25) is 4.98 Å². The third kappa shape index (κ3) is 2.39. The van der Waals surface area contributed by atoms with Crippen molar-refractivity contribution in [1.82, 2.24) is 4.98 Å². The van der Waals surface area contributed by atoms with Crippen molar-refractivity contribution in [2.24, 2.45) is 0 Å². The first kappa shape index (κ1) is 11.3. The molecule has 15 heavy (non-hydrogen) atoms. The zero-order valence-electron chi connectivity index (χ0n) is 7.92. The Morgan fingerprint density at radius 2 is 2.00 bits per heavy atom. The number of phenolic OH excluding ortho intramolecular Hbond substituents is 1. The highest BCUT2D eigenvalue weighted by molar-refractivity contribution is 5.85. The van der Waals surface area contributed by atoms with Crippen LogP contribution in [0.25, 0.3) is 11.1 Å². The van der Waals surface area contributed by atoms with Gasteiger partial charge in [-0.05, 0) is 18.2 Å². The number of benzene rings is 1. The quantitative estimate of drug-likeness (QED) is 0.729. The van der Waals surface area contributed by atoms with Crippen LogP contribution < -0.4 is 5.73 Å². The number of nitrogens with zero attached hydrogens (tertiary/aromatic N) is 1. The Morgan fingerprint density at radius 3 is 2.60 bits per heavy atom. The molecule has 2 aromatic rings. The minimum Gasteiger partial charge on any atom is -0.507 e. The van der Waals surface area contributed by atoms with Crippen LogP contribution in [0.5, 0.6) is 5.75 Å². The van der Waals surface area contributed by atoms with Crippen LogP contribution in [0.15, 0.2) is 42.7 Å². The molecule has 1 aromatic carbocycles. The van der Waals surface area contributed by atoms with Crippen LogP contribution in [0.2, 0.25) is 0 Å². The van der Waals surface area contributed by atoms with Gasteiger partial charge in [0.1, 0.15) is 5.75 Å². The fourth-order valence-electron chi connectivity index (χ4n) is 1.31. The normalized spacial score (nSPS) is 9.33. The molecule has 0 bridgehead atoms. The van der Waals surface area contributed by atoms with Gasteiger partial charge in [-0.1, -0.05) is 6.07 Å². The van der Waals surface area contributed by atoms with Crippen LogP contribution in [0.4, 0.5) is 5.69 Å². The maximum absolute atomic E-state index is 9.64. The molecule has 0 fully saturated rings. The molecule has 0 amide bonds. The summed E-state index contributed by atoms with van der Waals surface area (Å²) in [6.45, 7) is 0. The van der Waals surface area contributed by atoms with Gasteiger partial charge in [0.05, 0.1) is 0 Å². The highest BCUT2D eigenvalue weighted by atomic mass is 35.5. The molecule has 78 valence electrons. The average Bonchev–Trinajstić information content (AvgIpc) is 2.19. The van der Waals surface area contributed by atoms with E-state index in [-0.39, 0.29) is 18.2 Å². The number of rotatable bonds is 1. The Hall–Kier alpha value is -1.74. The topological polar surface area (TPSA) is 59.1 Å². The first-order valence-corrected chi connectivity index (χ1v) is 4.26. The smallest absolute Gasteiger partial charge is 0.125 e. The summed E-state index contributed by atoms with van der Waals surface area (Å²) in [6, 6.07) is 8.77. The third-order valence-corrected chi connectivity index (χ3v) is 1.99. The van der Waals surface area contributed by atoms with Gasteiger partial charge >= 0.3 is 0 Å². The standard InChI is InChI=1S/C11H10N2O.ClH/c12-9-3-4-10(11(14)6-9)8-2-1-5-13-7-8;/h1-7,14H,12H2;1H. The number of hydrogen-bond acceptors (Lipinski definition) is 3. The number of halogens is 1. The second-order valence-electron chi connectivity index (χ2n) is 3.02. The van der Waals surface area contributed by atoms with E-state index in [4.69, 9.17) is 5.73 Å². The van der Waals surface area contributed by atoms with Crippen LogP contribution in [0, 0.1) is 0 Å². The lowest BCUT2D eigenvalue weighted by atomic mass is 10.1. The summed E-state index contributed by atoms with van der Waals surface area (Å²) >= 11 is 0. The van der Waals surface area contributed by atoms with Crippen molar-refractivity contribution in [3.8, 4) is 16.9 Å². The van der Waals surface area contributed by atoms with E-state index in [0.717, 1.165) is 11.1 Å². The van der Waals surface area contributed by atoms with Crippen molar-refractivity contribution >= 4 is 18.1 Å². The van der Waals surface area contributed by atoms with Crippen molar-refractivity contribution in [2.45, 2.75) is 0 Å². The number of pyridine rings is 1. The SMILES string of the molecule is Cl.Nc1ccc(-c2cccnc2)c(O)c1. The monoisotopic (exact) mass is 222 g/mol. The Kier molecular flexibility index (Phi) is 3.52. The van der Waals surface area contributed by atoms with Gasteiger partial charge in [0, 0.05) is 35.3 Å². The van der Waals surface area contributed by atoms with Gasteiger partial charge in [-0.15, -0.1) is 12.4 Å². The lowest BCUT2D eigenvalue weighted by Crippen LogP contribution is -1.85. The van der Waals surface area contributed by atoms with Gasteiger partial charge in [-0.25, -0.2) is 0 Å². The van der Waals surface area contributed by atoms with E-state index >= 15 is 0 Å². The minimum absolute atomic E-state index is 0. The summed E-state index contributed by atoms with van der Waals surface area (Å²) in [5.74, 6) is 0.179. The molecule has 3 nitrogen and oxygen atoms in total. The van der Waals surface area contributed by atoms with Crippen LogP contribution in [0.1, 0.15) is 0 Å². The molecule has 0 radical (unpaired) electrons. The third-order valence-electron chi connectivity index (χ3n) is 1.99. The number of aromatic hydroxyl groups is 1. The van der Waals surface area contributed by atoms with Crippen molar-refractivity contribution in [3.05, 3.63) is 42.7 Å². The maximum Gasteiger partial charge on any atom is 0.125 e. The molecule has 4 heteroatoms. The summed E-state index contributed by atoms with van der Waals surface area (Å²) in [5, 5.41) is 9.64. The van der Waals surface area contributed by atoms with E-state index in [1.54, 1.807) is 24.5 Å². The van der Waals surface area contributed by atoms with E-state index in [2.05, 4.69) is 4.98 Å². The molecule has 0 saturated heterocycles. The zero-order valence-corrected chi connectivity index (χ0v) is 8.74. The summed E-state index contributed by atoms with van der Waals surface area (Å²) in [7, 11) is 0. The first-order chi connectivity index (χ1) is 6.77. The number of hydrogen-bond donors (Lipinski definition) is 2. The molecule has 1 aromatic heterocycles. The number of nitrogen functional groups attached to an aromatic ring is 1. The fourth-order valence-corrected chi connectivity index (χ4v) is 1.31. The second-order valence-corrected chi connectivity index (χ2v) is 3.02. The fraction of sp³-hybridized carbons (Fsp3) is 0. The molecule has 0 saturated carbocycles. The molecular formula is C11H11ClN2O. The summed E-state index contributed by atoms with van der Waals surface area (Å²) in [6.07, 6.45) is 3.39. The second kappa shape index (κ2) is 4.66. The van der Waals surface area contributed by atoms with Crippen molar-refractivity contribution in [1.29, 1.82) is 0 Å². The van der Waals surface area contributed by atoms with Crippen LogP contribution in [-0.2, 0) is 0 Å². The number of nitrogens with two attached hydrogens (primary N) is 1. The Balaban J connectivity index is 0.00000112.